The molecule has 0 bridgehead atoms. The van der Waals surface area contributed by atoms with Crippen molar-refractivity contribution in [3.8, 4) is 28.8 Å². The van der Waals surface area contributed by atoms with Crippen LogP contribution in [-0.2, 0) is 17.5 Å². The topological polar surface area (TPSA) is 109 Å². The Hall–Kier alpha value is -5.12. The number of halogens is 3. The van der Waals surface area contributed by atoms with E-state index in [1.165, 1.54) is 10.6 Å². The Balaban J connectivity index is 1.27. The molecular formula is C36H36F3N5O4. The van der Waals surface area contributed by atoms with Gasteiger partial charge in [-0.05, 0) is 91.6 Å². The van der Waals surface area contributed by atoms with E-state index in [0.717, 1.165) is 61.9 Å². The van der Waals surface area contributed by atoms with E-state index in [0.29, 0.717) is 29.4 Å². The van der Waals surface area contributed by atoms with Crippen molar-refractivity contribution >= 4 is 11.8 Å². The summed E-state index contributed by atoms with van der Waals surface area (Å²) in [5.74, 6) is 0.860. The molecule has 48 heavy (non-hydrogen) atoms. The van der Waals surface area contributed by atoms with Gasteiger partial charge in [-0.2, -0.15) is 18.4 Å². The van der Waals surface area contributed by atoms with E-state index in [1.807, 2.05) is 32.0 Å². The Morgan fingerprint density at radius 3 is 2.27 bits per heavy atom. The van der Waals surface area contributed by atoms with Crippen molar-refractivity contribution in [2.24, 2.45) is 0 Å². The van der Waals surface area contributed by atoms with Crippen LogP contribution in [0.25, 0.3) is 11.3 Å². The molecule has 0 spiro atoms. The summed E-state index contributed by atoms with van der Waals surface area (Å²) in [5.41, 5.74) is 0.240. The fourth-order valence-corrected chi connectivity index (χ4v) is 5.55. The molecule has 1 aliphatic heterocycles. The first-order valence-electron chi connectivity index (χ1n) is 15.6. The number of nitriles is 1. The SMILES string of the molecule is Cc1ccc(Cn2c(-c3ccc(Oc4ccc(NC(=O)OCCCN5CCNCC5)cc4)cc3)cc(C(F)(F)F)c(C#N)c2=O)c(C)c1. The highest BCUT2D eigenvalue weighted by atomic mass is 19.4. The number of carbonyl (C=O) groups is 1. The van der Waals surface area contributed by atoms with E-state index in [1.54, 1.807) is 48.5 Å². The fourth-order valence-electron chi connectivity index (χ4n) is 5.55. The minimum atomic E-state index is -4.90. The molecule has 12 heteroatoms. The molecular weight excluding hydrogens is 623 g/mol. The van der Waals surface area contributed by atoms with Gasteiger partial charge in [-0.1, -0.05) is 23.8 Å². The Morgan fingerprint density at radius 2 is 1.65 bits per heavy atom. The number of benzene rings is 3. The van der Waals surface area contributed by atoms with Crippen LogP contribution in [0.2, 0.25) is 0 Å². The van der Waals surface area contributed by atoms with E-state index in [9.17, 15) is 28.0 Å². The van der Waals surface area contributed by atoms with Crippen molar-refractivity contribution in [2.75, 3.05) is 44.6 Å². The standard InChI is InChI=1S/C36H36F3N5O4/c1-24-4-5-27(25(2)20-24)23-44-33(21-32(36(37,38)39)31(22-40)34(44)45)26-6-10-29(11-7-26)48-30-12-8-28(9-13-30)42-35(46)47-19-3-16-43-17-14-41-15-18-43/h4-13,20-21,41H,3,14-19,23H2,1-2H3,(H,42,46). The molecule has 1 amide bonds. The number of nitrogens with zero attached hydrogens (tertiary/aromatic N) is 3. The third-order valence-electron chi connectivity index (χ3n) is 8.09. The first-order chi connectivity index (χ1) is 23.0. The van der Waals surface area contributed by atoms with Gasteiger partial charge >= 0.3 is 12.3 Å². The van der Waals surface area contributed by atoms with Crippen LogP contribution in [0, 0.1) is 25.2 Å². The van der Waals surface area contributed by atoms with Gasteiger partial charge in [0.15, 0.2) is 0 Å². The van der Waals surface area contributed by atoms with E-state index >= 15 is 0 Å². The largest absolute Gasteiger partial charge is 0.457 e. The lowest BCUT2D eigenvalue weighted by molar-refractivity contribution is -0.137. The summed E-state index contributed by atoms with van der Waals surface area (Å²) in [6, 6.07) is 20.8. The molecule has 1 aliphatic rings. The zero-order valence-electron chi connectivity index (χ0n) is 26.7. The molecule has 9 nitrogen and oxygen atoms in total. The summed E-state index contributed by atoms with van der Waals surface area (Å²) >= 11 is 0. The molecule has 0 aliphatic carbocycles. The number of pyridine rings is 1. The second-order valence-electron chi connectivity index (χ2n) is 11.6. The Kier molecular flexibility index (Phi) is 10.8. The third-order valence-corrected chi connectivity index (χ3v) is 8.09. The van der Waals surface area contributed by atoms with Gasteiger partial charge in [0.05, 0.1) is 24.4 Å². The van der Waals surface area contributed by atoms with Crippen LogP contribution in [0.5, 0.6) is 11.5 Å². The molecule has 3 aromatic carbocycles. The van der Waals surface area contributed by atoms with Crippen LogP contribution in [-0.4, -0.2) is 54.9 Å². The van der Waals surface area contributed by atoms with Gasteiger partial charge in [0.2, 0.25) is 0 Å². The minimum Gasteiger partial charge on any atom is -0.457 e. The molecule has 0 unspecified atom stereocenters. The lowest BCUT2D eigenvalue weighted by Crippen LogP contribution is -2.43. The lowest BCUT2D eigenvalue weighted by atomic mass is 10.0. The van der Waals surface area contributed by atoms with Crippen LogP contribution in [0.4, 0.5) is 23.7 Å². The van der Waals surface area contributed by atoms with E-state index in [-0.39, 0.29) is 12.2 Å². The maximum absolute atomic E-state index is 14.0. The number of alkyl halides is 3. The van der Waals surface area contributed by atoms with Gasteiger partial charge in [-0.25, -0.2) is 4.79 Å². The molecule has 2 heterocycles. The average molecular weight is 660 g/mol. The smallest absolute Gasteiger partial charge is 0.417 e. The monoisotopic (exact) mass is 659 g/mol. The predicted molar refractivity (Wildman–Crippen MR) is 176 cm³/mol. The first kappa shape index (κ1) is 34.2. The van der Waals surface area contributed by atoms with Crippen LogP contribution >= 0.6 is 0 Å². The van der Waals surface area contributed by atoms with Gasteiger partial charge in [0.25, 0.3) is 5.56 Å². The van der Waals surface area contributed by atoms with Crippen molar-refractivity contribution < 1.29 is 27.4 Å². The van der Waals surface area contributed by atoms with Crippen molar-refractivity contribution in [1.82, 2.24) is 14.8 Å². The number of carbonyl (C=O) groups excluding carboxylic acids is 1. The highest BCUT2D eigenvalue weighted by Gasteiger charge is 2.36. The first-order valence-corrected chi connectivity index (χ1v) is 15.6. The highest BCUT2D eigenvalue weighted by molar-refractivity contribution is 5.84. The van der Waals surface area contributed by atoms with E-state index in [2.05, 4.69) is 15.5 Å². The summed E-state index contributed by atoms with van der Waals surface area (Å²) in [7, 11) is 0. The summed E-state index contributed by atoms with van der Waals surface area (Å²) in [6.45, 7) is 8.86. The Labute approximate surface area is 276 Å². The summed E-state index contributed by atoms with van der Waals surface area (Å²) < 4.78 is 54.3. The Bertz CT molecular complexity index is 1840. The number of amides is 1. The summed E-state index contributed by atoms with van der Waals surface area (Å²) in [4.78, 5) is 27.9. The highest BCUT2D eigenvalue weighted by Crippen LogP contribution is 2.34. The van der Waals surface area contributed by atoms with E-state index < -0.39 is 29.0 Å². The quantitative estimate of drug-likeness (QED) is 0.182. The van der Waals surface area contributed by atoms with Gasteiger partial charge in [-0.3, -0.25) is 10.1 Å². The Morgan fingerprint density at radius 1 is 0.979 bits per heavy atom. The minimum absolute atomic E-state index is 0.0176. The number of nitrogens with one attached hydrogen (secondary N) is 2. The van der Waals surface area contributed by atoms with Crippen molar-refractivity contribution in [2.45, 2.75) is 33.0 Å². The van der Waals surface area contributed by atoms with Crippen LogP contribution in [0.3, 0.4) is 0 Å². The van der Waals surface area contributed by atoms with Crippen LogP contribution in [0.1, 0.15) is 34.2 Å². The van der Waals surface area contributed by atoms with Crippen molar-refractivity contribution in [3.63, 3.8) is 0 Å². The van der Waals surface area contributed by atoms with Crippen LogP contribution in [0.15, 0.2) is 77.6 Å². The molecule has 5 rings (SSSR count). The van der Waals surface area contributed by atoms with Gasteiger partial charge in [0.1, 0.15) is 23.1 Å². The zero-order valence-corrected chi connectivity index (χ0v) is 26.7. The number of anilines is 1. The zero-order chi connectivity index (χ0) is 34.3. The number of aryl methyl sites for hydroxylation is 2. The van der Waals surface area contributed by atoms with E-state index in [4.69, 9.17) is 9.47 Å². The summed E-state index contributed by atoms with van der Waals surface area (Å²) in [6.07, 6.45) is -4.70. The second kappa shape index (κ2) is 15.2. The second-order valence-corrected chi connectivity index (χ2v) is 11.6. The predicted octanol–water partition coefficient (Wildman–Crippen LogP) is 6.71. The fraction of sp³-hybridized carbons (Fsp3) is 0.306. The molecule has 0 radical (unpaired) electrons. The average Bonchev–Trinajstić information content (AvgIpc) is 3.06. The van der Waals surface area contributed by atoms with Crippen molar-refractivity contribution in [1.29, 1.82) is 5.26 Å². The molecule has 0 atom stereocenters. The number of ether oxygens (including phenoxy) is 2. The molecule has 250 valence electrons. The van der Waals surface area contributed by atoms with Crippen LogP contribution < -0.4 is 20.9 Å². The molecule has 2 N–H and O–H groups in total. The number of hydrogen-bond donors (Lipinski definition) is 2. The molecule has 1 fully saturated rings. The third kappa shape index (κ3) is 8.61. The maximum Gasteiger partial charge on any atom is 0.417 e. The molecule has 1 aromatic heterocycles. The molecule has 0 saturated carbocycles. The maximum atomic E-state index is 14.0. The lowest BCUT2D eigenvalue weighted by Gasteiger charge is -2.26. The molecule has 1 saturated heterocycles. The number of rotatable bonds is 10. The van der Waals surface area contributed by atoms with Gasteiger partial charge in [0, 0.05) is 38.4 Å². The molecule has 4 aromatic rings. The van der Waals surface area contributed by atoms with Gasteiger partial charge in [-0.15, -0.1) is 0 Å². The van der Waals surface area contributed by atoms with Gasteiger partial charge < -0.3 is 24.3 Å². The number of hydrogen-bond acceptors (Lipinski definition) is 7. The number of aromatic nitrogens is 1. The number of piperazine rings is 1. The van der Waals surface area contributed by atoms with Crippen molar-refractivity contribution in [3.05, 3.63) is 111 Å². The normalized spacial score (nSPS) is 13.5. The summed E-state index contributed by atoms with van der Waals surface area (Å²) in [5, 5.41) is 15.5.